The second kappa shape index (κ2) is 8.47. The number of aromatic nitrogens is 4. The van der Waals surface area contributed by atoms with E-state index in [4.69, 9.17) is 5.10 Å². The first kappa shape index (κ1) is 19.2. The van der Waals surface area contributed by atoms with Crippen LogP contribution in [0.4, 0.5) is 0 Å². The minimum Gasteiger partial charge on any atom is -0.346 e. The van der Waals surface area contributed by atoms with E-state index in [1.807, 2.05) is 18.5 Å². The fraction of sp³-hybridized carbons (Fsp3) is 0.667. The second-order valence-corrected chi connectivity index (χ2v) is 8.11. The molecule has 1 aliphatic carbocycles. The molecular formula is C21H32N6O. The van der Waals surface area contributed by atoms with Crippen LogP contribution in [0.5, 0.6) is 0 Å². The molecule has 4 rings (SSSR count). The van der Waals surface area contributed by atoms with Gasteiger partial charge in [-0.2, -0.15) is 10.2 Å². The molecule has 0 aromatic carbocycles. The van der Waals surface area contributed by atoms with Gasteiger partial charge in [-0.05, 0) is 39.2 Å². The SMILES string of the molecule is CCn1ncc(C(=O)NCc2cc3n(n2)CCCN(C2CCCCC2)C3)c1C. The van der Waals surface area contributed by atoms with Crippen molar-refractivity contribution in [2.24, 2.45) is 0 Å². The number of carbonyl (C=O) groups excluding carboxylic acids is 1. The number of nitrogens with zero attached hydrogens (tertiary/aromatic N) is 5. The highest BCUT2D eigenvalue weighted by Gasteiger charge is 2.24. The van der Waals surface area contributed by atoms with E-state index in [1.165, 1.54) is 44.3 Å². The van der Waals surface area contributed by atoms with Crippen LogP contribution >= 0.6 is 0 Å². The van der Waals surface area contributed by atoms with Crippen molar-refractivity contribution in [3.8, 4) is 0 Å². The Kier molecular flexibility index (Phi) is 5.80. The van der Waals surface area contributed by atoms with Gasteiger partial charge in [0.1, 0.15) is 0 Å². The van der Waals surface area contributed by atoms with Crippen molar-refractivity contribution in [2.45, 2.75) is 84.6 Å². The molecule has 1 saturated carbocycles. The fourth-order valence-electron chi connectivity index (χ4n) is 4.65. The Balaban J connectivity index is 1.39. The first-order valence-corrected chi connectivity index (χ1v) is 10.8. The highest BCUT2D eigenvalue weighted by molar-refractivity contribution is 5.94. The number of hydrogen-bond donors (Lipinski definition) is 1. The Morgan fingerprint density at radius 1 is 1.21 bits per heavy atom. The Labute approximate surface area is 167 Å². The molecule has 0 saturated heterocycles. The molecule has 152 valence electrons. The molecule has 3 heterocycles. The van der Waals surface area contributed by atoms with Crippen molar-refractivity contribution >= 4 is 5.91 Å². The molecule has 7 heteroatoms. The van der Waals surface area contributed by atoms with Crippen molar-refractivity contribution in [1.29, 1.82) is 0 Å². The van der Waals surface area contributed by atoms with Crippen LogP contribution in [-0.2, 0) is 26.2 Å². The monoisotopic (exact) mass is 384 g/mol. The highest BCUT2D eigenvalue weighted by Crippen LogP contribution is 2.26. The Hall–Kier alpha value is -2.15. The largest absolute Gasteiger partial charge is 0.346 e. The van der Waals surface area contributed by atoms with Crippen LogP contribution in [0.15, 0.2) is 12.3 Å². The van der Waals surface area contributed by atoms with E-state index in [-0.39, 0.29) is 5.91 Å². The molecule has 0 bridgehead atoms. The zero-order chi connectivity index (χ0) is 19.5. The van der Waals surface area contributed by atoms with Crippen LogP contribution in [0.3, 0.4) is 0 Å². The first-order chi connectivity index (χ1) is 13.7. The lowest BCUT2D eigenvalue weighted by Crippen LogP contribution is -2.36. The lowest BCUT2D eigenvalue weighted by atomic mass is 9.94. The molecule has 0 spiro atoms. The van der Waals surface area contributed by atoms with Crippen LogP contribution in [0, 0.1) is 6.92 Å². The van der Waals surface area contributed by atoms with E-state index in [0.717, 1.165) is 43.5 Å². The molecule has 0 unspecified atom stereocenters. The van der Waals surface area contributed by atoms with E-state index in [0.29, 0.717) is 12.1 Å². The molecule has 2 aromatic heterocycles. The molecule has 2 aromatic rings. The summed E-state index contributed by atoms with van der Waals surface area (Å²) in [6.07, 6.45) is 9.59. The number of rotatable bonds is 5. The van der Waals surface area contributed by atoms with Crippen LogP contribution in [0.25, 0.3) is 0 Å². The molecule has 1 aliphatic heterocycles. The lowest BCUT2D eigenvalue weighted by Gasteiger charge is -2.33. The minimum atomic E-state index is -0.0794. The summed E-state index contributed by atoms with van der Waals surface area (Å²) in [6.45, 7) is 8.30. The van der Waals surface area contributed by atoms with Gasteiger partial charge in [-0.25, -0.2) is 0 Å². The van der Waals surface area contributed by atoms with E-state index in [2.05, 4.69) is 26.1 Å². The molecule has 28 heavy (non-hydrogen) atoms. The van der Waals surface area contributed by atoms with Gasteiger partial charge in [-0.3, -0.25) is 19.1 Å². The predicted octanol–water partition coefficient (Wildman–Crippen LogP) is 2.88. The van der Waals surface area contributed by atoms with Crippen molar-refractivity contribution in [1.82, 2.24) is 29.8 Å². The van der Waals surface area contributed by atoms with E-state index >= 15 is 0 Å². The smallest absolute Gasteiger partial charge is 0.255 e. The lowest BCUT2D eigenvalue weighted by molar-refractivity contribution is 0.0949. The van der Waals surface area contributed by atoms with Crippen LogP contribution < -0.4 is 5.32 Å². The number of nitrogens with one attached hydrogen (secondary N) is 1. The van der Waals surface area contributed by atoms with E-state index in [9.17, 15) is 4.79 Å². The maximum Gasteiger partial charge on any atom is 0.255 e. The summed E-state index contributed by atoms with van der Waals surface area (Å²) >= 11 is 0. The quantitative estimate of drug-likeness (QED) is 0.861. The summed E-state index contributed by atoms with van der Waals surface area (Å²) in [4.78, 5) is 15.2. The summed E-state index contributed by atoms with van der Waals surface area (Å²) in [6, 6.07) is 2.90. The number of fused-ring (bicyclic) bond motifs is 1. The molecule has 0 radical (unpaired) electrons. The average Bonchev–Trinajstić information content (AvgIpc) is 3.22. The Morgan fingerprint density at radius 2 is 2.04 bits per heavy atom. The standard InChI is InChI=1S/C21H32N6O/c1-3-26-16(2)20(14-23-26)21(28)22-13-17-12-19-15-25(10-7-11-27(19)24-17)18-8-5-4-6-9-18/h12,14,18H,3-11,13,15H2,1-2H3,(H,22,28). The van der Waals surface area contributed by atoms with E-state index in [1.54, 1.807) is 6.20 Å². The number of amides is 1. The van der Waals surface area contributed by atoms with Crippen LogP contribution in [-0.4, -0.2) is 43.0 Å². The Morgan fingerprint density at radius 3 is 2.79 bits per heavy atom. The summed E-state index contributed by atoms with van der Waals surface area (Å²) < 4.78 is 3.98. The molecule has 2 aliphatic rings. The highest BCUT2D eigenvalue weighted by atomic mass is 16.1. The predicted molar refractivity (Wildman–Crippen MR) is 108 cm³/mol. The molecule has 1 fully saturated rings. The fourth-order valence-corrected chi connectivity index (χ4v) is 4.65. The Bertz CT molecular complexity index is 817. The minimum absolute atomic E-state index is 0.0794. The maximum absolute atomic E-state index is 12.5. The summed E-state index contributed by atoms with van der Waals surface area (Å²) in [7, 11) is 0. The third-order valence-electron chi connectivity index (χ3n) is 6.26. The van der Waals surface area contributed by atoms with Gasteiger partial charge in [0, 0.05) is 37.9 Å². The summed E-state index contributed by atoms with van der Waals surface area (Å²) in [5.74, 6) is -0.0794. The number of carbonyl (C=O) groups is 1. The van der Waals surface area contributed by atoms with Crippen molar-refractivity contribution in [2.75, 3.05) is 6.54 Å². The topological polar surface area (TPSA) is 68.0 Å². The van der Waals surface area contributed by atoms with Crippen LogP contribution in [0.2, 0.25) is 0 Å². The number of hydrogen-bond acceptors (Lipinski definition) is 4. The van der Waals surface area contributed by atoms with Gasteiger partial charge < -0.3 is 5.32 Å². The third-order valence-corrected chi connectivity index (χ3v) is 6.26. The molecule has 0 atom stereocenters. The van der Waals surface area contributed by atoms with Crippen molar-refractivity contribution in [3.05, 3.63) is 34.9 Å². The van der Waals surface area contributed by atoms with Gasteiger partial charge in [0.05, 0.1) is 29.7 Å². The van der Waals surface area contributed by atoms with E-state index < -0.39 is 0 Å². The maximum atomic E-state index is 12.5. The van der Waals surface area contributed by atoms with Gasteiger partial charge in [0.15, 0.2) is 0 Å². The van der Waals surface area contributed by atoms with Gasteiger partial charge in [-0.1, -0.05) is 19.3 Å². The second-order valence-electron chi connectivity index (χ2n) is 8.11. The normalized spacial score (nSPS) is 18.6. The first-order valence-electron chi connectivity index (χ1n) is 10.8. The van der Waals surface area contributed by atoms with Gasteiger partial charge in [0.2, 0.25) is 0 Å². The third kappa shape index (κ3) is 3.99. The molecule has 7 nitrogen and oxygen atoms in total. The van der Waals surface area contributed by atoms with Gasteiger partial charge in [0.25, 0.3) is 5.91 Å². The summed E-state index contributed by atoms with van der Waals surface area (Å²) in [5, 5.41) is 12.0. The number of aryl methyl sites for hydroxylation is 2. The molecular weight excluding hydrogens is 352 g/mol. The molecule has 1 amide bonds. The molecule has 1 N–H and O–H groups in total. The average molecular weight is 385 g/mol. The van der Waals surface area contributed by atoms with Gasteiger partial charge >= 0.3 is 0 Å². The van der Waals surface area contributed by atoms with Crippen LogP contribution in [0.1, 0.15) is 72.9 Å². The van der Waals surface area contributed by atoms with Gasteiger partial charge in [-0.15, -0.1) is 0 Å². The van der Waals surface area contributed by atoms with Crippen molar-refractivity contribution < 1.29 is 4.79 Å². The summed E-state index contributed by atoms with van der Waals surface area (Å²) in [5.41, 5.74) is 3.77. The zero-order valence-electron chi connectivity index (χ0n) is 17.2. The van der Waals surface area contributed by atoms with Crippen molar-refractivity contribution in [3.63, 3.8) is 0 Å². The zero-order valence-corrected chi connectivity index (χ0v) is 17.2.